The van der Waals surface area contributed by atoms with E-state index in [9.17, 15) is 4.79 Å². The van der Waals surface area contributed by atoms with E-state index in [1.165, 1.54) is 5.56 Å². The van der Waals surface area contributed by atoms with Crippen LogP contribution in [0.3, 0.4) is 0 Å². The molecule has 0 amide bonds. The van der Waals surface area contributed by atoms with Gasteiger partial charge in [-0.25, -0.2) is 4.79 Å². The standard InChI is InChI=1S/C14H14O2.C2H6/c1-2-3-10-4-5-12-9-13(14(15)16)7-6-11(12)8-10;1-2/h4-9H,2-3H2,1H3,(H,15,16);1-2H3. The zero-order chi connectivity index (χ0) is 13.5. The quantitative estimate of drug-likeness (QED) is 0.862. The normalized spacial score (nSPS) is 9.72. The summed E-state index contributed by atoms with van der Waals surface area (Å²) in [5, 5.41) is 11.0. The Morgan fingerprint density at radius 2 is 1.67 bits per heavy atom. The van der Waals surface area contributed by atoms with E-state index in [4.69, 9.17) is 5.11 Å². The topological polar surface area (TPSA) is 37.3 Å². The molecule has 1 N–H and O–H groups in total. The van der Waals surface area contributed by atoms with E-state index in [2.05, 4.69) is 19.1 Å². The molecule has 0 fully saturated rings. The SMILES string of the molecule is CC.CCCc1ccc2cc(C(=O)O)ccc2c1. The molecule has 0 aromatic heterocycles. The molecule has 0 aliphatic carbocycles. The number of carbonyl (C=O) groups is 1. The van der Waals surface area contributed by atoms with Crippen molar-refractivity contribution in [3.8, 4) is 0 Å². The molecule has 0 aliphatic rings. The van der Waals surface area contributed by atoms with Crippen molar-refractivity contribution in [2.45, 2.75) is 33.6 Å². The molecule has 0 aliphatic heterocycles. The van der Waals surface area contributed by atoms with Crippen LogP contribution in [0.15, 0.2) is 36.4 Å². The van der Waals surface area contributed by atoms with Crippen molar-refractivity contribution in [2.24, 2.45) is 0 Å². The fraction of sp³-hybridized carbons (Fsp3) is 0.312. The Morgan fingerprint density at radius 3 is 2.28 bits per heavy atom. The van der Waals surface area contributed by atoms with Gasteiger partial charge in [-0.05, 0) is 34.9 Å². The van der Waals surface area contributed by atoms with Gasteiger partial charge in [0.1, 0.15) is 0 Å². The number of rotatable bonds is 3. The Morgan fingerprint density at radius 1 is 1.06 bits per heavy atom. The van der Waals surface area contributed by atoms with Gasteiger partial charge < -0.3 is 5.11 Å². The average Bonchev–Trinajstić information content (AvgIpc) is 2.40. The molecule has 0 saturated heterocycles. The lowest BCUT2D eigenvalue weighted by atomic mass is 10.0. The van der Waals surface area contributed by atoms with Crippen molar-refractivity contribution in [3.63, 3.8) is 0 Å². The molecular formula is C16H20O2. The summed E-state index contributed by atoms with van der Waals surface area (Å²) in [6, 6.07) is 11.4. The number of hydrogen-bond donors (Lipinski definition) is 1. The number of fused-ring (bicyclic) bond motifs is 1. The Labute approximate surface area is 108 Å². The third-order valence-corrected chi connectivity index (χ3v) is 2.69. The predicted molar refractivity (Wildman–Crippen MR) is 76.3 cm³/mol. The third-order valence-electron chi connectivity index (χ3n) is 2.69. The number of hydrogen-bond acceptors (Lipinski definition) is 1. The van der Waals surface area contributed by atoms with Gasteiger partial charge in [-0.15, -0.1) is 0 Å². The van der Waals surface area contributed by atoms with Crippen molar-refractivity contribution < 1.29 is 9.90 Å². The molecular weight excluding hydrogens is 224 g/mol. The van der Waals surface area contributed by atoms with Crippen molar-refractivity contribution in [1.82, 2.24) is 0 Å². The summed E-state index contributed by atoms with van der Waals surface area (Å²) in [5.74, 6) is -0.875. The lowest BCUT2D eigenvalue weighted by Gasteiger charge is -2.03. The van der Waals surface area contributed by atoms with Gasteiger partial charge in [-0.2, -0.15) is 0 Å². The van der Waals surface area contributed by atoms with Crippen LogP contribution in [0.5, 0.6) is 0 Å². The Balaban J connectivity index is 0.000000771. The van der Waals surface area contributed by atoms with Crippen LogP contribution in [0.4, 0.5) is 0 Å². The van der Waals surface area contributed by atoms with Gasteiger partial charge in [0, 0.05) is 0 Å². The van der Waals surface area contributed by atoms with Gasteiger partial charge in [-0.1, -0.05) is 51.5 Å². The maximum atomic E-state index is 10.8. The van der Waals surface area contributed by atoms with Crippen LogP contribution in [-0.4, -0.2) is 11.1 Å². The monoisotopic (exact) mass is 244 g/mol. The molecule has 2 aromatic carbocycles. The summed E-state index contributed by atoms with van der Waals surface area (Å²) in [6.07, 6.45) is 2.19. The van der Waals surface area contributed by atoms with Crippen LogP contribution in [0, 0.1) is 0 Å². The Bertz CT molecular complexity index is 530. The molecule has 2 heteroatoms. The summed E-state index contributed by atoms with van der Waals surface area (Å²) in [4.78, 5) is 10.8. The molecule has 2 rings (SSSR count). The van der Waals surface area contributed by atoms with E-state index >= 15 is 0 Å². The molecule has 2 nitrogen and oxygen atoms in total. The molecule has 0 heterocycles. The summed E-state index contributed by atoms with van der Waals surface area (Å²) < 4.78 is 0. The highest BCUT2D eigenvalue weighted by Gasteiger charge is 2.03. The van der Waals surface area contributed by atoms with Crippen LogP contribution in [0.2, 0.25) is 0 Å². The number of carboxylic acids is 1. The fourth-order valence-electron chi connectivity index (χ4n) is 1.87. The highest BCUT2D eigenvalue weighted by molar-refractivity contribution is 5.94. The molecule has 0 saturated carbocycles. The minimum atomic E-state index is -0.875. The lowest BCUT2D eigenvalue weighted by molar-refractivity contribution is 0.0697. The molecule has 0 spiro atoms. The van der Waals surface area contributed by atoms with E-state index in [0.717, 1.165) is 23.6 Å². The summed E-state index contributed by atoms with van der Waals surface area (Å²) in [7, 11) is 0. The first-order chi connectivity index (χ1) is 8.70. The number of aryl methyl sites for hydroxylation is 1. The Kier molecular flexibility index (Phi) is 5.37. The number of carboxylic acid groups (broad SMARTS) is 1. The highest BCUT2D eigenvalue weighted by Crippen LogP contribution is 2.18. The fourth-order valence-corrected chi connectivity index (χ4v) is 1.87. The average molecular weight is 244 g/mol. The molecule has 2 aromatic rings. The smallest absolute Gasteiger partial charge is 0.335 e. The second-order valence-electron chi connectivity index (χ2n) is 3.95. The van der Waals surface area contributed by atoms with E-state index in [1.54, 1.807) is 12.1 Å². The first-order valence-electron chi connectivity index (χ1n) is 6.46. The second-order valence-corrected chi connectivity index (χ2v) is 3.95. The van der Waals surface area contributed by atoms with Crippen molar-refractivity contribution >= 4 is 16.7 Å². The van der Waals surface area contributed by atoms with E-state index in [0.29, 0.717) is 5.56 Å². The van der Waals surface area contributed by atoms with E-state index < -0.39 is 5.97 Å². The van der Waals surface area contributed by atoms with Crippen LogP contribution < -0.4 is 0 Å². The molecule has 96 valence electrons. The summed E-state index contributed by atoms with van der Waals surface area (Å²) in [6.45, 7) is 6.15. The Hall–Kier alpha value is -1.83. The van der Waals surface area contributed by atoms with Crippen molar-refractivity contribution in [3.05, 3.63) is 47.5 Å². The van der Waals surface area contributed by atoms with Gasteiger partial charge in [-0.3, -0.25) is 0 Å². The summed E-state index contributed by atoms with van der Waals surface area (Å²) in [5.41, 5.74) is 1.65. The maximum absolute atomic E-state index is 10.8. The van der Waals surface area contributed by atoms with Crippen molar-refractivity contribution in [1.29, 1.82) is 0 Å². The molecule has 0 bridgehead atoms. The molecule has 0 radical (unpaired) electrons. The van der Waals surface area contributed by atoms with Gasteiger partial charge in [0.2, 0.25) is 0 Å². The minimum Gasteiger partial charge on any atom is -0.478 e. The van der Waals surface area contributed by atoms with Crippen molar-refractivity contribution in [2.75, 3.05) is 0 Å². The van der Waals surface area contributed by atoms with E-state index in [-0.39, 0.29) is 0 Å². The first kappa shape index (κ1) is 14.2. The largest absolute Gasteiger partial charge is 0.478 e. The molecule has 0 atom stereocenters. The second kappa shape index (κ2) is 6.80. The number of aromatic carboxylic acids is 1. The van der Waals surface area contributed by atoms with Crippen LogP contribution in [0.1, 0.15) is 43.1 Å². The van der Waals surface area contributed by atoms with Crippen LogP contribution in [0.25, 0.3) is 10.8 Å². The van der Waals surface area contributed by atoms with Gasteiger partial charge in [0.15, 0.2) is 0 Å². The van der Waals surface area contributed by atoms with E-state index in [1.807, 2.05) is 26.0 Å². The van der Waals surface area contributed by atoms with Crippen LogP contribution in [-0.2, 0) is 6.42 Å². The third kappa shape index (κ3) is 3.33. The van der Waals surface area contributed by atoms with Gasteiger partial charge >= 0.3 is 5.97 Å². The minimum absolute atomic E-state index is 0.343. The maximum Gasteiger partial charge on any atom is 0.335 e. The van der Waals surface area contributed by atoms with Gasteiger partial charge in [0.25, 0.3) is 0 Å². The zero-order valence-corrected chi connectivity index (χ0v) is 11.2. The molecule has 0 unspecified atom stereocenters. The zero-order valence-electron chi connectivity index (χ0n) is 11.2. The predicted octanol–water partition coefficient (Wildman–Crippen LogP) is 4.52. The summed E-state index contributed by atoms with van der Waals surface area (Å²) >= 11 is 0. The lowest BCUT2D eigenvalue weighted by Crippen LogP contribution is -1.95. The first-order valence-corrected chi connectivity index (χ1v) is 6.46. The molecule has 18 heavy (non-hydrogen) atoms. The number of benzene rings is 2. The van der Waals surface area contributed by atoms with Crippen LogP contribution >= 0.6 is 0 Å². The highest BCUT2D eigenvalue weighted by atomic mass is 16.4. The van der Waals surface area contributed by atoms with Gasteiger partial charge in [0.05, 0.1) is 5.56 Å².